The molecule has 3 aliphatic carbocycles. The minimum absolute atomic E-state index is 0. The number of carboxylic acids is 1. The molecule has 563 valence electrons. The summed E-state index contributed by atoms with van der Waals surface area (Å²) >= 11 is 0. The van der Waals surface area contributed by atoms with Crippen LogP contribution in [-0.2, 0) is 96.4 Å². The highest BCUT2D eigenvalue weighted by Crippen LogP contribution is 2.58. The number of hydrogen-bond donors (Lipinski definition) is 7. The number of nitrogens with one attached hydrogen (secondary N) is 3. The van der Waals surface area contributed by atoms with Gasteiger partial charge in [-0.1, -0.05) is 91.0 Å². The number of aliphatic hydroxyl groups is 2. The third-order valence-electron chi connectivity index (χ3n) is 19.4. The first-order valence-electron chi connectivity index (χ1n) is 35.3. The average molecular weight is 1470 g/mol. The van der Waals surface area contributed by atoms with E-state index in [0.29, 0.717) is 56.3 Å². The van der Waals surface area contributed by atoms with E-state index in [1.807, 2.05) is 185 Å². The Morgan fingerprint density at radius 1 is 0.463 bits per heavy atom. The van der Waals surface area contributed by atoms with Crippen molar-refractivity contribution in [2.45, 2.75) is 112 Å². The number of para-hydroxylation sites is 3. The number of benzene rings is 6. The smallest absolute Gasteiger partial charge is 0.330 e. The van der Waals surface area contributed by atoms with Crippen LogP contribution in [-0.4, -0.2) is 144 Å². The fourth-order valence-electron chi connectivity index (χ4n) is 13.6. The van der Waals surface area contributed by atoms with E-state index in [-0.39, 0.29) is 47.5 Å². The Balaban J connectivity index is 0.000000187. The number of pyridine rings is 3. The number of aliphatic hydroxyl groups excluding tert-OH is 2. The Kier molecular flexibility index (Phi) is 27.1. The summed E-state index contributed by atoms with van der Waals surface area (Å²) in [6.45, 7) is 11.4. The molecule has 3 aromatic heterocycles. The van der Waals surface area contributed by atoms with Gasteiger partial charge in [0.2, 0.25) is 11.8 Å². The van der Waals surface area contributed by atoms with E-state index in [2.05, 4.69) is 30.3 Å². The van der Waals surface area contributed by atoms with Gasteiger partial charge in [0.05, 0.1) is 90.7 Å². The van der Waals surface area contributed by atoms with Gasteiger partial charge in [0.25, 0.3) is 5.91 Å². The van der Waals surface area contributed by atoms with E-state index in [9.17, 15) is 53.7 Å². The molecule has 3 heterocycles. The molecule has 3 saturated carbocycles. The van der Waals surface area contributed by atoms with Gasteiger partial charge < -0.3 is 59.1 Å². The van der Waals surface area contributed by atoms with E-state index in [1.165, 1.54) is 12.6 Å². The summed E-state index contributed by atoms with van der Waals surface area (Å²) in [5.74, 6) is -5.17. The molecule has 3 radical (unpaired) electrons. The minimum atomic E-state index is -1.33. The van der Waals surface area contributed by atoms with Crippen LogP contribution in [0.15, 0.2) is 164 Å². The van der Waals surface area contributed by atoms with Crippen molar-refractivity contribution in [3.63, 3.8) is 0 Å². The lowest BCUT2D eigenvalue weighted by Crippen LogP contribution is -2.49. The summed E-state index contributed by atoms with van der Waals surface area (Å²) in [6, 6.07) is 49.5. The van der Waals surface area contributed by atoms with Crippen molar-refractivity contribution in [3.05, 3.63) is 214 Å². The molecular formula is C82H88BN6O19. The highest BCUT2D eigenvalue weighted by atomic mass is 16.5. The third-order valence-corrected chi connectivity index (χ3v) is 19.4. The number of carbonyl (C=O) groups is 8. The Hall–Kier alpha value is -11.3. The van der Waals surface area contributed by atoms with Crippen LogP contribution in [0, 0.1) is 54.8 Å². The van der Waals surface area contributed by atoms with Crippen molar-refractivity contribution in [2.24, 2.45) is 34.0 Å². The zero-order valence-electron chi connectivity index (χ0n) is 61.2. The van der Waals surface area contributed by atoms with Crippen LogP contribution in [0.4, 0.5) is 0 Å². The highest BCUT2D eigenvalue weighted by Gasteiger charge is 2.66. The molecule has 6 aromatic carbocycles. The van der Waals surface area contributed by atoms with Crippen LogP contribution in [0.2, 0.25) is 0 Å². The molecule has 7 N–H and O–H groups in total. The third kappa shape index (κ3) is 19.3. The summed E-state index contributed by atoms with van der Waals surface area (Å²) in [6.07, 6.45) is 1.73. The number of ether oxygens (including phenoxy) is 7. The minimum Gasteiger partial charge on any atom is -0.489 e. The van der Waals surface area contributed by atoms with Crippen LogP contribution in [0.5, 0.6) is 17.2 Å². The zero-order valence-corrected chi connectivity index (χ0v) is 61.2. The molecule has 25 nitrogen and oxygen atoms in total. The Labute approximate surface area is 626 Å². The van der Waals surface area contributed by atoms with Gasteiger partial charge in [-0.2, -0.15) is 0 Å². The summed E-state index contributed by atoms with van der Waals surface area (Å²) < 4.78 is 38.4. The van der Waals surface area contributed by atoms with Crippen LogP contribution in [0.1, 0.15) is 90.5 Å². The van der Waals surface area contributed by atoms with Crippen molar-refractivity contribution in [2.75, 3.05) is 40.1 Å². The maximum atomic E-state index is 12.9. The van der Waals surface area contributed by atoms with Gasteiger partial charge in [-0.05, 0) is 170 Å². The Bertz CT molecular complexity index is 4510. The predicted molar refractivity (Wildman–Crippen MR) is 398 cm³/mol. The number of fused-ring (bicyclic) bond motifs is 3. The lowest BCUT2D eigenvalue weighted by atomic mass is 9.93. The number of hydroxylamine groups is 1. The number of aliphatic carboxylic acids is 1. The van der Waals surface area contributed by atoms with Gasteiger partial charge in [0.15, 0.2) is 6.04 Å². The predicted octanol–water partition coefficient (Wildman–Crippen LogP) is 9.04. The lowest BCUT2D eigenvalue weighted by molar-refractivity contribution is -0.153. The molecule has 3 unspecified atom stereocenters. The maximum absolute atomic E-state index is 12.9. The van der Waals surface area contributed by atoms with Gasteiger partial charge in [0, 0.05) is 58.3 Å². The van der Waals surface area contributed by atoms with Crippen molar-refractivity contribution in [1.29, 1.82) is 0 Å². The lowest BCUT2D eigenvalue weighted by Gasteiger charge is -2.18. The number of carbonyl (C=O) groups excluding carboxylic acids is 7. The Morgan fingerprint density at radius 3 is 1.06 bits per heavy atom. The number of methoxy groups -OCH3 is 1. The fourth-order valence-corrected chi connectivity index (χ4v) is 13.6. The highest BCUT2D eigenvalue weighted by molar-refractivity contribution is 5.97. The maximum Gasteiger partial charge on any atom is 0.330 e. The van der Waals surface area contributed by atoms with Gasteiger partial charge >= 0.3 is 29.8 Å². The van der Waals surface area contributed by atoms with Crippen LogP contribution in [0.25, 0.3) is 32.7 Å². The number of esters is 4. The van der Waals surface area contributed by atoms with E-state index >= 15 is 0 Å². The number of nitrogens with zero attached hydrogens (tertiary/aromatic N) is 3. The summed E-state index contributed by atoms with van der Waals surface area (Å²) in [5.41, 5.74) is 9.55. The van der Waals surface area contributed by atoms with Crippen molar-refractivity contribution in [1.82, 2.24) is 31.1 Å². The number of aryl methyl sites for hydroxylation is 3. The van der Waals surface area contributed by atoms with Crippen molar-refractivity contribution in [3.8, 4) is 17.2 Å². The number of amides is 3. The van der Waals surface area contributed by atoms with E-state index in [1.54, 1.807) is 20.8 Å². The van der Waals surface area contributed by atoms with Crippen LogP contribution in [0.3, 0.4) is 0 Å². The monoisotopic (exact) mass is 1470 g/mol. The number of carboxylic acid groups (broad SMARTS) is 1. The molecule has 3 amide bonds. The molecule has 9 aromatic rings. The molecule has 3 fully saturated rings. The molecule has 8 atom stereocenters. The second-order valence-corrected chi connectivity index (χ2v) is 26.9. The van der Waals surface area contributed by atoms with Crippen molar-refractivity contribution >= 4 is 88.7 Å². The fraction of sp³-hybridized carbons (Fsp3) is 0.354. The van der Waals surface area contributed by atoms with Gasteiger partial charge in [-0.15, -0.1) is 0 Å². The zero-order chi connectivity index (χ0) is 76.6. The normalized spacial score (nSPS) is 19.0. The molecule has 0 saturated heterocycles. The van der Waals surface area contributed by atoms with E-state index < -0.39 is 107 Å². The molecule has 0 bridgehead atoms. The standard InChI is InChI=1S/C29H32N2O7.C28H31N3O7.C25H25NO5.B/c1-4-37-28(35)29(15-23(29)26(33)31-25(16-32)27(34)36-3)14-19-9-11-21(12-10-19)38-17-20-13-18(2)30-24-8-6-5-7-22(20)24;1-3-37-27(35)28(14-22(28)25(33)30-24(15-32)26(34)31-36)13-18-8-10-20(11-9-18)38-16-19-12-17(2)29-23-7-5-4-6-21(19)23;1-3-30-24(29)25(14-21(25)23(27)28)13-17-8-10-19(11-9-17)31-15-18-12-16(2)26-22-7-5-4-6-20(18)22;/h5-13,23,25,32H,4,14-17H2,1-3H3,(H,31,33);4-12,22,24,32,36H,3,13-16H2,1-2H3,(H,30,33)(H,31,34);4-12,21H,3,13-15H2,1-2H3,(H,27,28);/t23?,25-,29-;22?,24-,28-;21?,25-;/m000./s1. The summed E-state index contributed by atoms with van der Waals surface area (Å²) in [5, 5.41) is 44.9. The first kappa shape index (κ1) is 80.7. The summed E-state index contributed by atoms with van der Waals surface area (Å²) in [7, 11) is 1.17. The number of aromatic nitrogens is 3. The topological polar surface area (TPSA) is 357 Å². The molecule has 0 aliphatic heterocycles. The second-order valence-electron chi connectivity index (χ2n) is 26.9. The SMILES string of the molecule is CCOC(=O)[C@@]1(Cc2ccc(OCc3cc(C)nc4ccccc34)cc2)CC1C(=O)N[C@@H](CO)C(=O)NO.CCOC(=O)[C@@]1(Cc2ccc(OCc3cc(C)nc4ccccc34)cc2)CC1C(=O)N[C@@H](CO)C(=O)OC.CCOC(=O)[C@@]1(Cc2ccc(OCc3cc(C)nc4ccccc34)cc2)CC1C(=O)O.[B]. The second kappa shape index (κ2) is 36.3. The molecule has 3 aliphatic rings. The largest absolute Gasteiger partial charge is 0.489 e. The van der Waals surface area contributed by atoms with Gasteiger partial charge in [0.1, 0.15) is 43.1 Å². The average Bonchev–Trinajstić information content (AvgIpc) is 1.58. The number of hydrogen-bond acceptors (Lipinski definition) is 21. The molecule has 26 heteroatoms. The van der Waals surface area contributed by atoms with Gasteiger partial charge in [-0.25, -0.2) is 10.3 Å². The quantitative estimate of drug-likeness (QED) is 0.00725. The van der Waals surface area contributed by atoms with Crippen molar-refractivity contribution < 1.29 is 92.0 Å². The van der Waals surface area contributed by atoms with Gasteiger partial charge in [-0.3, -0.25) is 53.7 Å². The molecule has 12 rings (SSSR count). The van der Waals surface area contributed by atoms with E-state index in [0.717, 1.165) is 83.2 Å². The van der Waals surface area contributed by atoms with Crippen LogP contribution < -0.4 is 30.3 Å². The molecular weight excluding hydrogens is 1380 g/mol. The first-order valence-corrected chi connectivity index (χ1v) is 35.3. The van der Waals surface area contributed by atoms with E-state index in [4.69, 9.17) is 33.6 Å². The molecule has 0 spiro atoms. The number of rotatable bonds is 30. The Morgan fingerprint density at radius 2 is 0.769 bits per heavy atom. The summed E-state index contributed by atoms with van der Waals surface area (Å²) in [4.78, 5) is 112. The first-order chi connectivity index (χ1) is 51.5. The molecule has 108 heavy (non-hydrogen) atoms. The van der Waals surface area contributed by atoms with Crippen LogP contribution >= 0.6 is 0 Å².